The number of carboxylic acids is 1. The first kappa shape index (κ1) is 14.6. The molecule has 1 amide bonds. The standard InChI is InChI=1S/C16H15NO4/c1-2-7-21-16(20)17-14-6-5-12-8-11(9-15(18)19)3-4-13(12)10-14/h2-6,8,10H,1,7,9H2,(H,17,20)(H,18,19). The molecule has 0 fully saturated rings. The molecule has 0 unspecified atom stereocenters. The van der Waals surface area contributed by atoms with Gasteiger partial charge in [-0.1, -0.05) is 36.9 Å². The summed E-state index contributed by atoms with van der Waals surface area (Å²) in [6, 6.07) is 10.8. The molecule has 21 heavy (non-hydrogen) atoms. The lowest BCUT2D eigenvalue weighted by Gasteiger charge is -2.07. The van der Waals surface area contributed by atoms with Crippen LogP contribution in [0.25, 0.3) is 10.8 Å². The second kappa shape index (κ2) is 6.56. The van der Waals surface area contributed by atoms with Gasteiger partial charge in [-0.3, -0.25) is 10.1 Å². The van der Waals surface area contributed by atoms with E-state index in [9.17, 15) is 9.59 Å². The van der Waals surface area contributed by atoms with Crippen molar-refractivity contribution in [2.24, 2.45) is 0 Å². The summed E-state index contributed by atoms with van der Waals surface area (Å²) in [5, 5.41) is 13.2. The lowest BCUT2D eigenvalue weighted by atomic mass is 10.0. The van der Waals surface area contributed by atoms with Crippen LogP contribution in [0.3, 0.4) is 0 Å². The monoisotopic (exact) mass is 285 g/mol. The van der Waals surface area contributed by atoms with E-state index in [1.807, 2.05) is 18.2 Å². The number of hydrogen-bond acceptors (Lipinski definition) is 3. The van der Waals surface area contributed by atoms with Crippen LogP contribution in [0.1, 0.15) is 5.56 Å². The Morgan fingerprint density at radius 1 is 1.19 bits per heavy atom. The fraction of sp³-hybridized carbons (Fsp3) is 0.125. The molecule has 0 aliphatic carbocycles. The predicted octanol–water partition coefficient (Wildman–Crippen LogP) is 3.20. The van der Waals surface area contributed by atoms with Crippen molar-refractivity contribution in [3.05, 3.63) is 54.6 Å². The summed E-state index contributed by atoms with van der Waals surface area (Å²) < 4.78 is 4.84. The molecule has 2 rings (SSSR count). The fourth-order valence-corrected chi connectivity index (χ4v) is 1.95. The summed E-state index contributed by atoms with van der Waals surface area (Å²) in [6.07, 6.45) is 0.935. The highest BCUT2D eigenvalue weighted by Crippen LogP contribution is 2.21. The van der Waals surface area contributed by atoms with Crippen LogP contribution in [-0.2, 0) is 16.0 Å². The van der Waals surface area contributed by atoms with E-state index in [0.29, 0.717) is 5.69 Å². The number of ether oxygens (including phenoxy) is 1. The third-order valence-corrected chi connectivity index (χ3v) is 2.84. The second-order valence-electron chi connectivity index (χ2n) is 4.48. The lowest BCUT2D eigenvalue weighted by Crippen LogP contribution is -2.13. The highest BCUT2D eigenvalue weighted by atomic mass is 16.5. The SMILES string of the molecule is C=CCOC(=O)Nc1ccc2cc(CC(=O)O)ccc2c1. The van der Waals surface area contributed by atoms with Gasteiger partial charge in [0, 0.05) is 5.69 Å². The molecule has 2 aromatic carbocycles. The Bertz CT molecular complexity index is 694. The first-order valence-electron chi connectivity index (χ1n) is 6.37. The Hall–Kier alpha value is -2.82. The van der Waals surface area contributed by atoms with E-state index in [-0.39, 0.29) is 13.0 Å². The van der Waals surface area contributed by atoms with Crippen LogP contribution in [0.4, 0.5) is 10.5 Å². The molecule has 0 aliphatic rings. The Morgan fingerprint density at radius 2 is 1.90 bits per heavy atom. The van der Waals surface area contributed by atoms with Crippen molar-refractivity contribution in [2.45, 2.75) is 6.42 Å². The molecule has 5 heteroatoms. The molecule has 0 radical (unpaired) electrons. The molecule has 2 aromatic rings. The molecule has 0 bridgehead atoms. The van der Waals surface area contributed by atoms with Gasteiger partial charge in [-0.05, 0) is 28.5 Å². The number of aliphatic carboxylic acids is 1. The normalized spacial score (nSPS) is 10.1. The van der Waals surface area contributed by atoms with Crippen molar-refractivity contribution in [3.63, 3.8) is 0 Å². The summed E-state index contributed by atoms with van der Waals surface area (Å²) in [6.45, 7) is 3.61. The van der Waals surface area contributed by atoms with Crippen LogP contribution in [0.15, 0.2) is 49.1 Å². The first-order valence-corrected chi connectivity index (χ1v) is 6.37. The van der Waals surface area contributed by atoms with E-state index < -0.39 is 12.1 Å². The molecule has 2 N–H and O–H groups in total. The van der Waals surface area contributed by atoms with Crippen molar-refractivity contribution < 1.29 is 19.4 Å². The topological polar surface area (TPSA) is 75.6 Å². The largest absolute Gasteiger partial charge is 0.481 e. The van der Waals surface area contributed by atoms with Gasteiger partial charge in [0.1, 0.15) is 6.61 Å². The molecular formula is C16H15NO4. The minimum absolute atomic E-state index is 0.0101. The van der Waals surface area contributed by atoms with Gasteiger partial charge in [-0.15, -0.1) is 0 Å². The van der Waals surface area contributed by atoms with Crippen LogP contribution in [-0.4, -0.2) is 23.8 Å². The summed E-state index contributed by atoms with van der Waals surface area (Å²) in [7, 11) is 0. The zero-order valence-electron chi connectivity index (χ0n) is 11.3. The number of fused-ring (bicyclic) bond motifs is 1. The summed E-state index contributed by atoms with van der Waals surface area (Å²) >= 11 is 0. The average Bonchev–Trinajstić information content (AvgIpc) is 2.44. The third kappa shape index (κ3) is 4.07. The van der Waals surface area contributed by atoms with E-state index in [1.165, 1.54) is 6.08 Å². The Morgan fingerprint density at radius 3 is 2.62 bits per heavy atom. The third-order valence-electron chi connectivity index (χ3n) is 2.84. The Labute approximate surface area is 121 Å². The van der Waals surface area contributed by atoms with Gasteiger partial charge >= 0.3 is 12.1 Å². The summed E-state index contributed by atoms with van der Waals surface area (Å²) in [5.41, 5.74) is 1.35. The van der Waals surface area contributed by atoms with E-state index in [2.05, 4.69) is 11.9 Å². The van der Waals surface area contributed by atoms with Crippen LogP contribution in [0, 0.1) is 0 Å². The van der Waals surface area contributed by atoms with Crippen LogP contribution in [0.2, 0.25) is 0 Å². The summed E-state index contributed by atoms with van der Waals surface area (Å²) in [4.78, 5) is 22.1. The van der Waals surface area contributed by atoms with Crippen LogP contribution < -0.4 is 5.32 Å². The smallest absolute Gasteiger partial charge is 0.411 e. The van der Waals surface area contributed by atoms with Crippen LogP contribution >= 0.6 is 0 Å². The van der Waals surface area contributed by atoms with Gasteiger partial charge < -0.3 is 9.84 Å². The number of anilines is 1. The molecule has 108 valence electrons. The highest BCUT2D eigenvalue weighted by Gasteiger charge is 2.05. The molecule has 0 saturated carbocycles. The zero-order chi connectivity index (χ0) is 15.2. The molecule has 0 aliphatic heterocycles. The minimum Gasteiger partial charge on any atom is -0.481 e. The van der Waals surface area contributed by atoms with Crippen molar-refractivity contribution >= 4 is 28.5 Å². The van der Waals surface area contributed by atoms with Gasteiger partial charge in [-0.25, -0.2) is 4.79 Å². The Balaban J connectivity index is 2.16. The maximum absolute atomic E-state index is 11.4. The number of amides is 1. The number of rotatable bonds is 5. The summed E-state index contributed by atoms with van der Waals surface area (Å²) in [5.74, 6) is -0.863. The van der Waals surface area contributed by atoms with E-state index >= 15 is 0 Å². The number of nitrogens with one attached hydrogen (secondary N) is 1. The molecule has 0 aromatic heterocycles. The molecule has 0 atom stereocenters. The number of carbonyl (C=O) groups excluding carboxylic acids is 1. The number of benzene rings is 2. The van der Waals surface area contributed by atoms with Gasteiger partial charge in [0.2, 0.25) is 0 Å². The maximum Gasteiger partial charge on any atom is 0.411 e. The number of carbonyl (C=O) groups is 2. The first-order chi connectivity index (χ1) is 10.1. The maximum atomic E-state index is 11.4. The van der Waals surface area contributed by atoms with Crippen LogP contribution in [0.5, 0.6) is 0 Å². The molecular weight excluding hydrogens is 270 g/mol. The zero-order valence-corrected chi connectivity index (χ0v) is 11.3. The van der Waals surface area contributed by atoms with E-state index in [4.69, 9.17) is 9.84 Å². The highest BCUT2D eigenvalue weighted by molar-refractivity contribution is 5.91. The quantitative estimate of drug-likeness (QED) is 0.827. The molecule has 0 saturated heterocycles. The van der Waals surface area contributed by atoms with Gasteiger partial charge in [0.25, 0.3) is 0 Å². The van der Waals surface area contributed by atoms with E-state index in [0.717, 1.165) is 16.3 Å². The van der Waals surface area contributed by atoms with Gasteiger partial charge in [0.15, 0.2) is 0 Å². The lowest BCUT2D eigenvalue weighted by molar-refractivity contribution is -0.136. The molecule has 0 heterocycles. The Kier molecular flexibility index (Phi) is 4.56. The average molecular weight is 285 g/mol. The molecule has 5 nitrogen and oxygen atoms in total. The second-order valence-corrected chi connectivity index (χ2v) is 4.48. The van der Waals surface area contributed by atoms with Gasteiger partial charge in [-0.2, -0.15) is 0 Å². The molecule has 0 spiro atoms. The number of hydrogen-bond donors (Lipinski definition) is 2. The minimum atomic E-state index is -0.863. The van der Waals surface area contributed by atoms with Crippen molar-refractivity contribution in [2.75, 3.05) is 11.9 Å². The van der Waals surface area contributed by atoms with Gasteiger partial charge in [0.05, 0.1) is 6.42 Å². The van der Waals surface area contributed by atoms with Crippen molar-refractivity contribution in [1.29, 1.82) is 0 Å². The van der Waals surface area contributed by atoms with Crippen molar-refractivity contribution in [1.82, 2.24) is 0 Å². The number of carboxylic acid groups (broad SMARTS) is 1. The fourth-order valence-electron chi connectivity index (χ4n) is 1.95. The van der Waals surface area contributed by atoms with Crippen molar-refractivity contribution in [3.8, 4) is 0 Å². The predicted molar refractivity (Wildman–Crippen MR) is 80.5 cm³/mol. The van der Waals surface area contributed by atoms with E-state index in [1.54, 1.807) is 18.2 Å².